The zero-order valence-corrected chi connectivity index (χ0v) is 22.1. The van der Waals surface area contributed by atoms with Gasteiger partial charge in [0.25, 0.3) is 0 Å². The molecular weight excluding hydrogens is 498 g/mol. The van der Waals surface area contributed by atoms with Gasteiger partial charge in [-0.05, 0) is 52.6 Å². The highest BCUT2D eigenvalue weighted by Crippen LogP contribution is 2.46. The first-order valence-corrected chi connectivity index (χ1v) is 13.9. The predicted molar refractivity (Wildman–Crippen MR) is 169 cm³/mol. The number of hydrogen-bond acceptors (Lipinski definition) is 2. The number of rotatable bonds is 3. The molecule has 1 aliphatic carbocycles. The van der Waals surface area contributed by atoms with E-state index in [-0.39, 0.29) is 0 Å². The van der Waals surface area contributed by atoms with Crippen molar-refractivity contribution in [2.45, 2.75) is 0 Å². The molecule has 0 saturated carbocycles. The number of nitrogens with zero attached hydrogens (tertiary/aromatic N) is 3. The van der Waals surface area contributed by atoms with Crippen LogP contribution in [0, 0.1) is 0 Å². The van der Waals surface area contributed by atoms with E-state index in [4.69, 9.17) is 9.97 Å². The van der Waals surface area contributed by atoms with Gasteiger partial charge in [-0.1, -0.05) is 109 Å². The molecule has 1 aliphatic rings. The molecule has 2 heterocycles. The van der Waals surface area contributed by atoms with E-state index in [1.165, 1.54) is 49.6 Å². The summed E-state index contributed by atoms with van der Waals surface area (Å²) >= 11 is 0. The van der Waals surface area contributed by atoms with Crippen molar-refractivity contribution in [2.75, 3.05) is 0 Å². The summed E-state index contributed by atoms with van der Waals surface area (Å²) in [4.78, 5) is 10.1. The third kappa shape index (κ3) is 3.26. The van der Waals surface area contributed by atoms with Gasteiger partial charge in [0.15, 0.2) is 5.82 Å². The third-order valence-electron chi connectivity index (χ3n) is 8.36. The Hall–Kier alpha value is -5.54. The number of para-hydroxylation sites is 2. The van der Waals surface area contributed by atoms with Crippen molar-refractivity contribution in [2.24, 2.45) is 0 Å². The van der Waals surface area contributed by atoms with Gasteiger partial charge < -0.3 is 4.57 Å². The summed E-state index contributed by atoms with van der Waals surface area (Å²) in [5.41, 5.74) is 12.6. The molecule has 8 aromatic rings. The molecule has 0 bridgehead atoms. The molecule has 2 aromatic heterocycles. The second-order valence-corrected chi connectivity index (χ2v) is 10.6. The van der Waals surface area contributed by atoms with E-state index in [9.17, 15) is 0 Å². The minimum Gasteiger partial charge on any atom is -0.309 e. The standard InChI is InChI=1S/C38H23N3/c1-2-9-27(10-3-1)41-34-16-7-6-12-29(34)30-22-21-26(23-35(30)41)24-17-19-25(20-18-24)38-39-33-15-8-14-31-28-11-4-5-13-32(28)37(40-38)36(31)33/h1-23H. The Morgan fingerprint density at radius 3 is 2.00 bits per heavy atom. The average molecular weight is 522 g/mol. The highest BCUT2D eigenvalue weighted by molar-refractivity contribution is 6.13. The first-order chi connectivity index (χ1) is 20.3. The van der Waals surface area contributed by atoms with E-state index in [1.54, 1.807) is 0 Å². The van der Waals surface area contributed by atoms with Crippen LogP contribution in [0.4, 0.5) is 0 Å². The normalized spacial score (nSPS) is 11.9. The second kappa shape index (κ2) is 8.48. The van der Waals surface area contributed by atoms with Crippen molar-refractivity contribution in [3.8, 4) is 50.6 Å². The maximum atomic E-state index is 5.08. The zero-order valence-electron chi connectivity index (χ0n) is 22.1. The predicted octanol–water partition coefficient (Wildman–Crippen LogP) is 9.71. The van der Waals surface area contributed by atoms with Crippen LogP contribution in [0.2, 0.25) is 0 Å². The minimum absolute atomic E-state index is 0.757. The van der Waals surface area contributed by atoms with Crippen LogP contribution in [0.25, 0.3) is 83.3 Å². The monoisotopic (exact) mass is 521 g/mol. The van der Waals surface area contributed by atoms with Crippen LogP contribution in [-0.4, -0.2) is 14.5 Å². The summed E-state index contributed by atoms with van der Waals surface area (Å²) in [6, 6.07) is 49.5. The Balaban J connectivity index is 1.16. The summed E-state index contributed by atoms with van der Waals surface area (Å²) in [7, 11) is 0. The smallest absolute Gasteiger partial charge is 0.160 e. The molecular formula is C38H23N3. The maximum Gasteiger partial charge on any atom is 0.160 e. The van der Waals surface area contributed by atoms with E-state index < -0.39 is 0 Å². The lowest BCUT2D eigenvalue weighted by molar-refractivity contribution is 1.18. The van der Waals surface area contributed by atoms with Gasteiger partial charge in [-0.2, -0.15) is 0 Å². The molecule has 6 aromatic carbocycles. The van der Waals surface area contributed by atoms with Gasteiger partial charge in [0.05, 0.1) is 22.2 Å². The molecule has 0 spiro atoms. The molecule has 190 valence electrons. The van der Waals surface area contributed by atoms with Crippen LogP contribution in [0.1, 0.15) is 0 Å². The van der Waals surface area contributed by atoms with Gasteiger partial charge in [0.2, 0.25) is 0 Å². The van der Waals surface area contributed by atoms with Crippen molar-refractivity contribution in [3.63, 3.8) is 0 Å². The number of aromatic nitrogens is 3. The quantitative estimate of drug-likeness (QED) is 0.232. The van der Waals surface area contributed by atoms with Gasteiger partial charge in [-0.3, -0.25) is 0 Å². The lowest BCUT2D eigenvalue weighted by atomic mass is 10.0. The Morgan fingerprint density at radius 1 is 0.439 bits per heavy atom. The highest BCUT2D eigenvalue weighted by Gasteiger charge is 2.24. The zero-order chi connectivity index (χ0) is 26.9. The Labute approximate surface area is 237 Å². The summed E-state index contributed by atoms with van der Waals surface area (Å²) in [5, 5.41) is 3.67. The van der Waals surface area contributed by atoms with E-state index >= 15 is 0 Å². The molecule has 0 atom stereocenters. The van der Waals surface area contributed by atoms with Gasteiger partial charge in [0, 0.05) is 33.0 Å². The molecule has 0 aliphatic heterocycles. The fraction of sp³-hybridized carbons (Fsp3) is 0. The Kier molecular flexibility index (Phi) is 4.61. The molecule has 41 heavy (non-hydrogen) atoms. The fourth-order valence-corrected chi connectivity index (χ4v) is 6.47. The van der Waals surface area contributed by atoms with Crippen LogP contribution >= 0.6 is 0 Å². The lowest BCUT2D eigenvalue weighted by Gasteiger charge is -2.10. The van der Waals surface area contributed by atoms with Crippen molar-refractivity contribution in [3.05, 3.63) is 140 Å². The SMILES string of the molecule is c1ccc(-n2c3ccccc3c3ccc(-c4ccc(-c5nc6c7c(cccc7n5)-c5ccccc5-6)cc4)cc32)cc1. The molecule has 0 N–H and O–H groups in total. The van der Waals surface area contributed by atoms with Gasteiger partial charge in [-0.15, -0.1) is 0 Å². The number of fused-ring (bicyclic) bond motifs is 6. The van der Waals surface area contributed by atoms with Crippen LogP contribution in [0.15, 0.2) is 140 Å². The number of hydrogen-bond donors (Lipinski definition) is 0. The summed E-state index contributed by atoms with van der Waals surface area (Å²) in [6.07, 6.45) is 0. The van der Waals surface area contributed by atoms with E-state index in [0.29, 0.717) is 0 Å². The molecule has 0 amide bonds. The molecule has 0 unspecified atom stereocenters. The molecule has 3 nitrogen and oxygen atoms in total. The third-order valence-corrected chi connectivity index (χ3v) is 8.36. The molecule has 0 fully saturated rings. The van der Waals surface area contributed by atoms with Crippen molar-refractivity contribution in [1.82, 2.24) is 14.5 Å². The van der Waals surface area contributed by atoms with Gasteiger partial charge in [0.1, 0.15) is 0 Å². The number of benzene rings is 6. The van der Waals surface area contributed by atoms with E-state index in [0.717, 1.165) is 33.7 Å². The first-order valence-electron chi connectivity index (χ1n) is 13.9. The lowest BCUT2D eigenvalue weighted by Crippen LogP contribution is -1.94. The van der Waals surface area contributed by atoms with Crippen LogP contribution in [0.3, 0.4) is 0 Å². The first kappa shape index (κ1) is 22.3. The average Bonchev–Trinajstić information content (AvgIpc) is 3.55. The van der Waals surface area contributed by atoms with Crippen LogP contribution in [-0.2, 0) is 0 Å². The second-order valence-electron chi connectivity index (χ2n) is 10.6. The molecule has 0 radical (unpaired) electrons. The maximum absolute atomic E-state index is 5.08. The summed E-state index contributed by atoms with van der Waals surface area (Å²) in [5.74, 6) is 0.757. The Bertz CT molecular complexity index is 2290. The molecule has 3 heteroatoms. The minimum atomic E-state index is 0.757. The Morgan fingerprint density at radius 2 is 1.12 bits per heavy atom. The summed E-state index contributed by atoms with van der Waals surface area (Å²) < 4.78 is 2.36. The van der Waals surface area contributed by atoms with E-state index in [1.807, 2.05) is 0 Å². The topological polar surface area (TPSA) is 30.7 Å². The van der Waals surface area contributed by atoms with Crippen molar-refractivity contribution < 1.29 is 0 Å². The van der Waals surface area contributed by atoms with Crippen molar-refractivity contribution >= 4 is 32.7 Å². The molecule has 9 rings (SSSR count). The largest absolute Gasteiger partial charge is 0.309 e. The van der Waals surface area contributed by atoms with Crippen LogP contribution < -0.4 is 0 Å². The fourth-order valence-electron chi connectivity index (χ4n) is 6.47. The molecule has 0 saturated heterocycles. The van der Waals surface area contributed by atoms with Gasteiger partial charge in [-0.25, -0.2) is 9.97 Å². The summed E-state index contributed by atoms with van der Waals surface area (Å²) in [6.45, 7) is 0. The highest BCUT2D eigenvalue weighted by atomic mass is 15.0. The van der Waals surface area contributed by atoms with Crippen LogP contribution in [0.5, 0.6) is 0 Å². The van der Waals surface area contributed by atoms with Crippen molar-refractivity contribution in [1.29, 1.82) is 0 Å². The van der Waals surface area contributed by atoms with E-state index in [2.05, 4.69) is 144 Å². The van der Waals surface area contributed by atoms with Gasteiger partial charge >= 0.3 is 0 Å².